The second-order valence-electron chi connectivity index (χ2n) is 4.29. The average molecular weight is 258 g/mol. The van der Waals surface area contributed by atoms with Crippen LogP contribution >= 0.6 is 0 Å². The number of allylic oxidation sites excluding steroid dienone is 4. The van der Waals surface area contributed by atoms with E-state index < -0.39 is 11.9 Å². The topological polar surface area (TPSA) is 77.8 Å². The maximum absolute atomic E-state index is 11.8. The summed E-state index contributed by atoms with van der Waals surface area (Å²) in [5.74, 6) is -2.41. The number of benzene rings is 1. The Bertz CT molecular complexity index is 553. The molecule has 0 fully saturated rings. The number of carbonyl (C=O) groups excluding carboxylic acids is 1. The first-order chi connectivity index (χ1) is 8.99. The molecular formula is C15H14O4. The molecule has 0 bridgehead atoms. The summed E-state index contributed by atoms with van der Waals surface area (Å²) in [4.78, 5) is 11.8. The zero-order chi connectivity index (χ0) is 13.9. The molecule has 0 aromatic heterocycles. The van der Waals surface area contributed by atoms with Crippen LogP contribution in [0.4, 0.5) is 0 Å². The first-order valence-electron chi connectivity index (χ1n) is 5.80. The maximum atomic E-state index is 11.8. The zero-order valence-electron chi connectivity index (χ0n) is 10.1. The molecule has 2 rings (SSSR count). The highest BCUT2D eigenvalue weighted by Gasteiger charge is 2.30. The fraction of sp³-hybridized carbons (Fsp3) is 0.133. The summed E-state index contributed by atoms with van der Waals surface area (Å²) in [6.45, 7) is 0. The van der Waals surface area contributed by atoms with Crippen molar-refractivity contribution in [3.05, 3.63) is 71.8 Å². The van der Waals surface area contributed by atoms with Crippen molar-refractivity contribution in [2.45, 2.75) is 11.9 Å². The Morgan fingerprint density at radius 2 is 1.89 bits per heavy atom. The van der Waals surface area contributed by atoms with Crippen LogP contribution < -0.4 is 0 Å². The first-order valence-corrected chi connectivity index (χ1v) is 5.80. The van der Waals surface area contributed by atoms with Gasteiger partial charge in [-0.2, -0.15) is 0 Å². The molecule has 98 valence electrons. The highest BCUT2D eigenvalue weighted by Crippen LogP contribution is 2.19. The molecule has 1 atom stereocenters. The molecule has 3 N–H and O–H groups in total. The Kier molecular flexibility index (Phi) is 3.76. The normalized spacial score (nSPS) is 21.4. The molecule has 4 heteroatoms. The standard InChI is InChI=1S/C15H14O4/c16-13(12-4-2-1-3-5-12)7-6-11-8-9-15(18,19)14(17)10-11/h1-10,14,17-19H/b7-6+. The molecule has 0 saturated heterocycles. The van der Waals surface area contributed by atoms with E-state index in [1.807, 2.05) is 6.07 Å². The molecule has 0 saturated carbocycles. The van der Waals surface area contributed by atoms with Crippen molar-refractivity contribution in [2.75, 3.05) is 0 Å². The number of hydrogen-bond acceptors (Lipinski definition) is 4. The van der Waals surface area contributed by atoms with Crippen molar-refractivity contribution in [2.24, 2.45) is 0 Å². The second kappa shape index (κ2) is 5.32. The van der Waals surface area contributed by atoms with E-state index in [2.05, 4.69) is 0 Å². The van der Waals surface area contributed by atoms with Crippen molar-refractivity contribution in [3.63, 3.8) is 0 Å². The van der Waals surface area contributed by atoms with Crippen LogP contribution in [0, 0.1) is 0 Å². The monoisotopic (exact) mass is 258 g/mol. The van der Waals surface area contributed by atoms with Crippen molar-refractivity contribution >= 4 is 5.78 Å². The summed E-state index contributed by atoms with van der Waals surface area (Å²) in [6.07, 6.45) is 5.26. The van der Waals surface area contributed by atoms with Gasteiger partial charge in [-0.1, -0.05) is 42.5 Å². The molecule has 0 radical (unpaired) electrons. The van der Waals surface area contributed by atoms with Crippen molar-refractivity contribution in [3.8, 4) is 0 Å². The van der Waals surface area contributed by atoms with Gasteiger partial charge in [-0.15, -0.1) is 0 Å². The third kappa shape index (κ3) is 3.26. The van der Waals surface area contributed by atoms with Crippen LogP contribution in [0.2, 0.25) is 0 Å². The fourth-order valence-corrected chi connectivity index (χ4v) is 1.66. The van der Waals surface area contributed by atoms with Gasteiger partial charge < -0.3 is 15.3 Å². The first kappa shape index (κ1) is 13.4. The van der Waals surface area contributed by atoms with Crippen molar-refractivity contribution in [1.82, 2.24) is 0 Å². The Balaban J connectivity index is 2.09. The molecule has 19 heavy (non-hydrogen) atoms. The minimum atomic E-state index is -2.25. The lowest BCUT2D eigenvalue weighted by molar-refractivity contribution is -0.174. The van der Waals surface area contributed by atoms with Crippen LogP contribution in [0.25, 0.3) is 0 Å². The molecule has 1 aromatic rings. The van der Waals surface area contributed by atoms with E-state index in [1.165, 1.54) is 24.3 Å². The van der Waals surface area contributed by atoms with Gasteiger partial charge in [0, 0.05) is 5.56 Å². The predicted molar refractivity (Wildman–Crippen MR) is 70.3 cm³/mol. The molecule has 1 aliphatic rings. The van der Waals surface area contributed by atoms with Crippen LogP contribution in [-0.2, 0) is 0 Å². The molecule has 1 aliphatic carbocycles. The maximum Gasteiger partial charge on any atom is 0.213 e. The number of aliphatic hydroxyl groups is 3. The molecule has 0 amide bonds. The van der Waals surface area contributed by atoms with Crippen LogP contribution in [0.5, 0.6) is 0 Å². The lowest BCUT2D eigenvalue weighted by Gasteiger charge is -2.24. The predicted octanol–water partition coefficient (Wildman–Crippen LogP) is 0.963. The van der Waals surface area contributed by atoms with E-state index in [0.717, 1.165) is 6.08 Å². The quantitative estimate of drug-likeness (QED) is 0.429. The summed E-state index contributed by atoms with van der Waals surface area (Å²) >= 11 is 0. The van der Waals surface area contributed by atoms with Gasteiger partial charge in [0.15, 0.2) is 5.78 Å². The van der Waals surface area contributed by atoms with E-state index >= 15 is 0 Å². The van der Waals surface area contributed by atoms with Crippen LogP contribution in [-0.4, -0.2) is 33.0 Å². The summed E-state index contributed by atoms with van der Waals surface area (Å²) in [6, 6.07) is 8.79. The third-order valence-electron chi connectivity index (χ3n) is 2.79. The molecular weight excluding hydrogens is 244 g/mol. The largest absolute Gasteiger partial charge is 0.383 e. The number of carbonyl (C=O) groups is 1. The van der Waals surface area contributed by atoms with Gasteiger partial charge in [-0.05, 0) is 23.8 Å². The molecule has 0 spiro atoms. The summed E-state index contributed by atoms with van der Waals surface area (Å²) < 4.78 is 0. The SMILES string of the molecule is O=C(/C=C/C1=CC(O)C(O)(O)C=C1)c1ccccc1. The van der Waals surface area contributed by atoms with Crippen LogP contribution in [0.3, 0.4) is 0 Å². The summed E-state index contributed by atoms with van der Waals surface area (Å²) in [5, 5.41) is 28.0. The van der Waals surface area contributed by atoms with E-state index in [4.69, 9.17) is 0 Å². The van der Waals surface area contributed by atoms with Gasteiger partial charge in [-0.3, -0.25) is 4.79 Å². The summed E-state index contributed by atoms with van der Waals surface area (Å²) in [5.41, 5.74) is 1.11. The summed E-state index contributed by atoms with van der Waals surface area (Å²) in [7, 11) is 0. The van der Waals surface area contributed by atoms with E-state index in [-0.39, 0.29) is 5.78 Å². The molecule has 1 aromatic carbocycles. The van der Waals surface area contributed by atoms with Gasteiger partial charge in [0.2, 0.25) is 5.79 Å². The van der Waals surface area contributed by atoms with Gasteiger partial charge in [0.1, 0.15) is 6.10 Å². The van der Waals surface area contributed by atoms with Crippen LogP contribution in [0.1, 0.15) is 10.4 Å². The minimum Gasteiger partial charge on any atom is -0.383 e. The van der Waals surface area contributed by atoms with Gasteiger partial charge in [0.05, 0.1) is 0 Å². The minimum absolute atomic E-state index is 0.158. The van der Waals surface area contributed by atoms with Gasteiger partial charge >= 0.3 is 0 Å². The van der Waals surface area contributed by atoms with E-state index in [1.54, 1.807) is 24.3 Å². The molecule has 4 nitrogen and oxygen atoms in total. The number of rotatable bonds is 3. The smallest absolute Gasteiger partial charge is 0.213 e. The number of hydrogen-bond donors (Lipinski definition) is 3. The molecule has 0 heterocycles. The van der Waals surface area contributed by atoms with E-state index in [9.17, 15) is 20.1 Å². The van der Waals surface area contributed by atoms with Crippen molar-refractivity contribution in [1.29, 1.82) is 0 Å². The third-order valence-corrected chi connectivity index (χ3v) is 2.79. The number of ketones is 1. The van der Waals surface area contributed by atoms with Gasteiger partial charge in [0.25, 0.3) is 0 Å². The Morgan fingerprint density at radius 3 is 2.53 bits per heavy atom. The van der Waals surface area contributed by atoms with Gasteiger partial charge in [-0.25, -0.2) is 0 Å². The molecule has 0 aliphatic heterocycles. The van der Waals surface area contributed by atoms with Crippen LogP contribution in [0.15, 0.2) is 66.3 Å². The van der Waals surface area contributed by atoms with E-state index in [0.29, 0.717) is 11.1 Å². The zero-order valence-corrected chi connectivity index (χ0v) is 10.1. The highest BCUT2D eigenvalue weighted by atomic mass is 16.5. The average Bonchev–Trinajstić information content (AvgIpc) is 2.41. The Labute approximate surface area is 110 Å². The Morgan fingerprint density at radius 1 is 1.21 bits per heavy atom. The molecule has 1 unspecified atom stereocenters. The van der Waals surface area contributed by atoms with Crippen molar-refractivity contribution < 1.29 is 20.1 Å². The number of aliphatic hydroxyl groups excluding tert-OH is 1. The lowest BCUT2D eigenvalue weighted by atomic mass is 9.98. The fourth-order valence-electron chi connectivity index (χ4n) is 1.66. The lowest BCUT2D eigenvalue weighted by Crippen LogP contribution is -2.40. The Hall–Kier alpha value is -2.01. The highest BCUT2D eigenvalue weighted by molar-refractivity contribution is 6.04. The second-order valence-corrected chi connectivity index (χ2v) is 4.29.